The summed E-state index contributed by atoms with van der Waals surface area (Å²) >= 11 is 1.25. The van der Waals surface area contributed by atoms with Crippen LogP contribution in [0.4, 0.5) is 5.69 Å². The van der Waals surface area contributed by atoms with E-state index >= 15 is 0 Å². The smallest absolute Gasteiger partial charge is 0.279 e. The second kappa shape index (κ2) is 8.44. The van der Waals surface area contributed by atoms with E-state index in [1.165, 1.54) is 11.3 Å². The third kappa shape index (κ3) is 4.15. The number of carbonyl (C=O) groups excluding carboxylic acids is 3. The zero-order chi connectivity index (χ0) is 23.0. The van der Waals surface area contributed by atoms with Crippen molar-refractivity contribution in [2.45, 2.75) is 37.6 Å². The van der Waals surface area contributed by atoms with Gasteiger partial charge in [-0.25, -0.2) is 8.42 Å². The summed E-state index contributed by atoms with van der Waals surface area (Å²) in [4.78, 5) is 42.7. The summed E-state index contributed by atoms with van der Waals surface area (Å²) in [6.45, 7) is 2.63. The normalized spacial score (nSPS) is 15.2. The molecule has 0 unspecified atom stereocenters. The summed E-state index contributed by atoms with van der Waals surface area (Å²) in [5, 5.41) is 0. The molecule has 10 heteroatoms. The maximum absolute atomic E-state index is 12.8. The van der Waals surface area contributed by atoms with Crippen LogP contribution in [-0.2, 0) is 26.0 Å². The maximum atomic E-state index is 12.8. The number of aryl methyl sites for hydroxylation is 1. The van der Waals surface area contributed by atoms with Gasteiger partial charge in [-0.05, 0) is 48.9 Å². The van der Waals surface area contributed by atoms with E-state index < -0.39 is 15.7 Å². The SMILES string of the molecule is CCCn1c(=NC(=O)c2ccc(N3C(=O)CCC3=O)cc2)sc2cc(S(C)(=O)=O)ccc21. The predicted octanol–water partition coefficient (Wildman–Crippen LogP) is 2.91. The van der Waals surface area contributed by atoms with E-state index in [1.807, 2.05) is 11.5 Å². The van der Waals surface area contributed by atoms with Crippen LogP contribution in [0.25, 0.3) is 10.2 Å². The van der Waals surface area contributed by atoms with Gasteiger partial charge in [0.25, 0.3) is 5.91 Å². The Labute approximate surface area is 188 Å². The second-order valence-corrected chi connectivity index (χ2v) is 10.5. The largest absolute Gasteiger partial charge is 0.316 e. The number of nitrogens with zero attached hydrogens (tertiary/aromatic N) is 3. The molecule has 8 nitrogen and oxygen atoms in total. The number of amides is 3. The Kier molecular flexibility index (Phi) is 5.83. The van der Waals surface area contributed by atoms with Crippen molar-refractivity contribution in [2.75, 3.05) is 11.2 Å². The van der Waals surface area contributed by atoms with E-state index in [-0.39, 0.29) is 29.6 Å². The Hall–Kier alpha value is -3.11. The van der Waals surface area contributed by atoms with Crippen LogP contribution >= 0.6 is 11.3 Å². The van der Waals surface area contributed by atoms with E-state index in [9.17, 15) is 22.8 Å². The average molecular weight is 472 g/mol. The van der Waals surface area contributed by atoms with Crippen molar-refractivity contribution in [3.8, 4) is 0 Å². The lowest BCUT2D eigenvalue weighted by molar-refractivity contribution is -0.121. The van der Waals surface area contributed by atoms with Crippen LogP contribution in [-0.4, -0.2) is 37.0 Å². The van der Waals surface area contributed by atoms with Gasteiger partial charge in [0.15, 0.2) is 14.6 Å². The van der Waals surface area contributed by atoms with Crippen molar-refractivity contribution in [1.82, 2.24) is 4.57 Å². The summed E-state index contributed by atoms with van der Waals surface area (Å²) in [5.74, 6) is -0.966. The van der Waals surface area contributed by atoms with Crippen LogP contribution < -0.4 is 9.70 Å². The second-order valence-electron chi connectivity index (χ2n) is 7.52. The first-order valence-corrected chi connectivity index (χ1v) is 12.8. The fraction of sp³-hybridized carbons (Fsp3) is 0.273. The molecule has 166 valence electrons. The summed E-state index contributed by atoms with van der Waals surface area (Å²) in [7, 11) is -3.35. The quantitative estimate of drug-likeness (QED) is 0.532. The third-order valence-electron chi connectivity index (χ3n) is 5.15. The molecule has 1 aromatic heterocycles. The summed E-state index contributed by atoms with van der Waals surface area (Å²) in [6, 6.07) is 11.1. The molecule has 4 rings (SSSR count). The molecule has 0 N–H and O–H groups in total. The number of fused-ring (bicyclic) bond motifs is 1. The number of sulfone groups is 1. The van der Waals surface area contributed by atoms with Crippen molar-refractivity contribution in [3.63, 3.8) is 0 Å². The lowest BCUT2D eigenvalue weighted by atomic mass is 10.2. The summed E-state index contributed by atoms with van der Waals surface area (Å²) < 4.78 is 26.4. The summed E-state index contributed by atoms with van der Waals surface area (Å²) in [5.41, 5.74) is 1.58. The molecular weight excluding hydrogens is 450 g/mol. The van der Waals surface area contributed by atoms with Crippen LogP contribution in [0.1, 0.15) is 36.5 Å². The first-order valence-electron chi connectivity index (χ1n) is 10.1. The number of benzene rings is 2. The highest BCUT2D eigenvalue weighted by atomic mass is 32.2. The number of rotatable bonds is 5. The van der Waals surface area contributed by atoms with Crippen molar-refractivity contribution in [3.05, 3.63) is 52.8 Å². The van der Waals surface area contributed by atoms with Gasteiger partial charge in [-0.15, -0.1) is 0 Å². The Morgan fingerprint density at radius 2 is 1.72 bits per heavy atom. The van der Waals surface area contributed by atoms with E-state index in [2.05, 4.69) is 4.99 Å². The maximum Gasteiger partial charge on any atom is 0.279 e. The molecule has 0 aliphatic carbocycles. The van der Waals surface area contributed by atoms with Crippen LogP contribution in [0.2, 0.25) is 0 Å². The standard InChI is InChI=1S/C22H21N3O5S2/c1-3-12-24-17-9-8-16(32(2,29)30)13-18(17)31-22(24)23-21(28)14-4-6-15(7-5-14)25-19(26)10-11-20(25)27/h4-9,13H,3,10-12H2,1-2H3. The molecular formula is C22H21N3O5S2. The van der Waals surface area contributed by atoms with Crippen LogP contribution in [0.5, 0.6) is 0 Å². The number of thiazole rings is 1. The van der Waals surface area contributed by atoms with Crippen molar-refractivity contribution >= 4 is 54.8 Å². The van der Waals surface area contributed by atoms with Gasteiger partial charge in [0, 0.05) is 31.2 Å². The molecule has 0 spiro atoms. The zero-order valence-electron chi connectivity index (χ0n) is 17.6. The Morgan fingerprint density at radius 1 is 1.06 bits per heavy atom. The molecule has 2 aromatic carbocycles. The van der Waals surface area contributed by atoms with E-state index in [1.54, 1.807) is 42.5 Å². The Balaban J connectivity index is 1.71. The van der Waals surface area contributed by atoms with Gasteiger partial charge >= 0.3 is 0 Å². The first kappa shape index (κ1) is 22.1. The monoisotopic (exact) mass is 471 g/mol. The highest BCUT2D eigenvalue weighted by Gasteiger charge is 2.30. The highest BCUT2D eigenvalue weighted by molar-refractivity contribution is 7.90. The van der Waals surface area contributed by atoms with Gasteiger partial charge < -0.3 is 4.57 Å². The van der Waals surface area contributed by atoms with Crippen molar-refractivity contribution in [2.24, 2.45) is 4.99 Å². The van der Waals surface area contributed by atoms with Crippen LogP contribution in [0.15, 0.2) is 52.4 Å². The van der Waals surface area contributed by atoms with Crippen molar-refractivity contribution in [1.29, 1.82) is 0 Å². The van der Waals surface area contributed by atoms with E-state index in [0.29, 0.717) is 22.6 Å². The molecule has 3 aromatic rings. The minimum Gasteiger partial charge on any atom is -0.316 e. The van der Waals surface area contributed by atoms with Gasteiger partial charge in [-0.2, -0.15) is 4.99 Å². The van der Waals surface area contributed by atoms with E-state index in [0.717, 1.165) is 27.8 Å². The fourth-order valence-electron chi connectivity index (χ4n) is 3.58. The van der Waals surface area contributed by atoms with Crippen LogP contribution in [0, 0.1) is 0 Å². The van der Waals surface area contributed by atoms with Gasteiger partial charge in [-0.3, -0.25) is 19.3 Å². The van der Waals surface area contributed by atoms with Gasteiger partial charge in [0.2, 0.25) is 11.8 Å². The third-order valence-corrected chi connectivity index (χ3v) is 7.30. The number of hydrogen-bond acceptors (Lipinski definition) is 6. The Morgan fingerprint density at radius 3 is 2.31 bits per heavy atom. The number of anilines is 1. The average Bonchev–Trinajstić information content (AvgIpc) is 3.26. The summed E-state index contributed by atoms with van der Waals surface area (Å²) in [6.07, 6.45) is 2.36. The molecule has 1 aliphatic rings. The van der Waals surface area contributed by atoms with Gasteiger partial charge in [0.1, 0.15) is 0 Å². The zero-order valence-corrected chi connectivity index (χ0v) is 19.2. The molecule has 0 bridgehead atoms. The highest BCUT2D eigenvalue weighted by Crippen LogP contribution is 2.24. The lowest BCUT2D eigenvalue weighted by Crippen LogP contribution is -2.28. The molecule has 0 radical (unpaired) electrons. The number of aromatic nitrogens is 1. The van der Waals surface area contributed by atoms with Gasteiger partial charge in [-0.1, -0.05) is 18.3 Å². The number of hydrogen-bond donors (Lipinski definition) is 0. The minimum atomic E-state index is -3.35. The van der Waals surface area contributed by atoms with Crippen LogP contribution in [0.3, 0.4) is 0 Å². The molecule has 2 heterocycles. The van der Waals surface area contributed by atoms with Gasteiger partial charge in [0.05, 0.1) is 20.8 Å². The molecule has 1 fully saturated rings. The first-order chi connectivity index (χ1) is 15.2. The minimum absolute atomic E-state index is 0.194. The number of carbonyl (C=O) groups is 3. The predicted molar refractivity (Wildman–Crippen MR) is 121 cm³/mol. The molecule has 0 saturated carbocycles. The number of imide groups is 1. The fourth-order valence-corrected chi connectivity index (χ4v) is 5.39. The molecule has 1 saturated heterocycles. The molecule has 0 atom stereocenters. The Bertz CT molecular complexity index is 1400. The van der Waals surface area contributed by atoms with Crippen molar-refractivity contribution < 1.29 is 22.8 Å². The molecule has 32 heavy (non-hydrogen) atoms. The topological polar surface area (TPSA) is 106 Å². The molecule has 1 aliphatic heterocycles. The molecule has 3 amide bonds. The van der Waals surface area contributed by atoms with E-state index in [4.69, 9.17) is 0 Å². The lowest BCUT2D eigenvalue weighted by Gasteiger charge is -2.13.